The number of carbonyl (C=O) groups excluding carboxylic acids is 2. The van der Waals surface area contributed by atoms with Crippen LogP contribution in [0.15, 0.2) is 18.2 Å². The molecule has 0 spiro atoms. The van der Waals surface area contributed by atoms with E-state index in [1.54, 1.807) is 21.0 Å². The van der Waals surface area contributed by atoms with Crippen molar-refractivity contribution in [2.24, 2.45) is 0 Å². The van der Waals surface area contributed by atoms with Crippen molar-refractivity contribution in [3.63, 3.8) is 0 Å². The summed E-state index contributed by atoms with van der Waals surface area (Å²) in [4.78, 5) is 24.5. The Morgan fingerprint density at radius 2 is 2.05 bits per heavy atom. The molecule has 0 saturated carbocycles. The van der Waals surface area contributed by atoms with Crippen LogP contribution in [0.4, 0.5) is 9.18 Å². The number of halogens is 2. The van der Waals surface area contributed by atoms with Gasteiger partial charge in [0.1, 0.15) is 11.9 Å². The van der Waals surface area contributed by atoms with Crippen molar-refractivity contribution in [2.45, 2.75) is 19.5 Å². The number of benzene rings is 1. The van der Waals surface area contributed by atoms with E-state index in [2.05, 4.69) is 10.6 Å². The molecule has 0 fully saturated rings. The first-order valence-corrected chi connectivity index (χ1v) is 6.38. The van der Waals surface area contributed by atoms with E-state index in [4.69, 9.17) is 11.6 Å². The van der Waals surface area contributed by atoms with Gasteiger partial charge in [-0.05, 0) is 19.1 Å². The highest BCUT2D eigenvalue weighted by atomic mass is 35.5. The van der Waals surface area contributed by atoms with Gasteiger partial charge in [0.05, 0.1) is 0 Å². The lowest BCUT2D eigenvalue weighted by atomic mass is 10.2. The van der Waals surface area contributed by atoms with Crippen LogP contribution in [-0.4, -0.2) is 37.0 Å². The van der Waals surface area contributed by atoms with Gasteiger partial charge in [-0.2, -0.15) is 0 Å². The number of rotatable bonds is 4. The third-order valence-electron chi connectivity index (χ3n) is 2.61. The fraction of sp³-hybridized carbons (Fsp3) is 0.385. The largest absolute Gasteiger partial charge is 0.347 e. The smallest absolute Gasteiger partial charge is 0.315 e. The van der Waals surface area contributed by atoms with Gasteiger partial charge in [0, 0.05) is 31.2 Å². The molecule has 1 aromatic carbocycles. The molecule has 1 aromatic rings. The number of nitrogens with zero attached hydrogens (tertiary/aromatic N) is 1. The van der Waals surface area contributed by atoms with E-state index in [1.165, 1.54) is 23.1 Å². The summed E-state index contributed by atoms with van der Waals surface area (Å²) in [6, 6.07) is 3.01. The average Bonchev–Trinajstić information content (AvgIpc) is 2.36. The van der Waals surface area contributed by atoms with Crippen molar-refractivity contribution in [2.75, 3.05) is 14.1 Å². The van der Waals surface area contributed by atoms with Gasteiger partial charge in [0.15, 0.2) is 0 Å². The molecule has 0 radical (unpaired) electrons. The number of nitrogens with one attached hydrogen (secondary N) is 2. The summed E-state index contributed by atoms with van der Waals surface area (Å²) >= 11 is 5.63. The van der Waals surface area contributed by atoms with E-state index >= 15 is 0 Å². The van der Waals surface area contributed by atoms with Gasteiger partial charge in [-0.3, -0.25) is 4.79 Å². The van der Waals surface area contributed by atoms with Crippen molar-refractivity contribution in [1.29, 1.82) is 0 Å². The maximum atomic E-state index is 13.5. The molecule has 1 rings (SSSR count). The van der Waals surface area contributed by atoms with Crippen LogP contribution >= 0.6 is 11.6 Å². The number of likely N-dealkylation sites (N-methyl/N-ethyl adjacent to an activating group) is 1. The molecule has 110 valence electrons. The minimum absolute atomic E-state index is 0.0116. The Labute approximate surface area is 122 Å². The molecule has 0 unspecified atom stereocenters. The number of hydrogen-bond donors (Lipinski definition) is 2. The SMILES string of the molecule is C[C@H](NC(=O)NCc1ccc(Cl)cc1F)C(=O)N(C)C. The van der Waals surface area contributed by atoms with E-state index in [1.807, 2.05) is 0 Å². The molecule has 0 bridgehead atoms. The fourth-order valence-electron chi connectivity index (χ4n) is 1.54. The van der Waals surface area contributed by atoms with Crippen LogP contribution in [-0.2, 0) is 11.3 Å². The van der Waals surface area contributed by atoms with Crippen molar-refractivity contribution >= 4 is 23.5 Å². The molecule has 0 aliphatic carbocycles. The summed E-state index contributed by atoms with van der Waals surface area (Å²) < 4.78 is 13.5. The zero-order chi connectivity index (χ0) is 15.3. The Balaban J connectivity index is 2.49. The molecule has 0 saturated heterocycles. The molecule has 0 aliphatic rings. The quantitative estimate of drug-likeness (QED) is 0.890. The predicted octanol–water partition coefficient (Wildman–Crippen LogP) is 1.76. The van der Waals surface area contributed by atoms with Crippen LogP contribution in [0.25, 0.3) is 0 Å². The molecular weight excluding hydrogens is 285 g/mol. The Morgan fingerprint density at radius 3 is 2.60 bits per heavy atom. The number of urea groups is 1. The van der Waals surface area contributed by atoms with Gasteiger partial charge in [0.2, 0.25) is 5.91 Å². The minimum atomic E-state index is -0.653. The van der Waals surface area contributed by atoms with Crippen LogP contribution in [0.2, 0.25) is 5.02 Å². The average molecular weight is 302 g/mol. The Hall–Kier alpha value is -1.82. The van der Waals surface area contributed by atoms with E-state index in [0.29, 0.717) is 10.6 Å². The summed E-state index contributed by atoms with van der Waals surface area (Å²) in [5, 5.41) is 5.24. The summed E-state index contributed by atoms with van der Waals surface area (Å²) in [6.07, 6.45) is 0. The standard InChI is InChI=1S/C13H17ClFN3O2/c1-8(12(19)18(2)3)17-13(20)16-7-9-4-5-10(14)6-11(9)15/h4-6,8H,7H2,1-3H3,(H2,16,17,20)/t8-/m0/s1. The zero-order valence-corrected chi connectivity index (χ0v) is 12.3. The number of hydrogen-bond acceptors (Lipinski definition) is 2. The Kier molecular flexibility index (Phi) is 5.76. The first-order valence-electron chi connectivity index (χ1n) is 6.00. The highest BCUT2D eigenvalue weighted by molar-refractivity contribution is 6.30. The van der Waals surface area contributed by atoms with E-state index in [9.17, 15) is 14.0 Å². The molecule has 20 heavy (non-hydrogen) atoms. The van der Waals surface area contributed by atoms with Gasteiger partial charge >= 0.3 is 6.03 Å². The number of amides is 3. The van der Waals surface area contributed by atoms with Gasteiger partial charge < -0.3 is 15.5 Å². The summed E-state index contributed by atoms with van der Waals surface area (Å²) in [5.41, 5.74) is 0.316. The maximum absolute atomic E-state index is 13.5. The van der Waals surface area contributed by atoms with Gasteiger partial charge in [-0.25, -0.2) is 9.18 Å². The van der Waals surface area contributed by atoms with Crippen LogP contribution in [0, 0.1) is 5.82 Å². The fourth-order valence-corrected chi connectivity index (χ4v) is 1.70. The first kappa shape index (κ1) is 16.2. The molecule has 5 nitrogen and oxygen atoms in total. The predicted molar refractivity (Wildman–Crippen MR) is 74.9 cm³/mol. The molecule has 3 amide bonds. The van der Waals surface area contributed by atoms with Crippen LogP contribution in [0.5, 0.6) is 0 Å². The van der Waals surface area contributed by atoms with Crippen molar-refractivity contribution in [3.8, 4) is 0 Å². The lowest BCUT2D eigenvalue weighted by Gasteiger charge is -2.18. The third-order valence-corrected chi connectivity index (χ3v) is 2.85. The van der Waals surface area contributed by atoms with Crippen LogP contribution in [0.1, 0.15) is 12.5 Å². The van der Waals surface area contributed by atoms with Gasteiger partial charge in [-0.1, -0.05) is 17.7 Å². The highest BCUT2D eigenvalue weighted by Gasteiger charge is 2.16. The third kappa shape index (κ3) is 4.70. The Morgan fingerprint density at radius 1 is 1.40 bits per heavy atom. The molecule has 0 aromatic heterocycles. The van der Waals surface area contributed by atoms with E-state index in [0.717, 1.165) is 0 Å². The van der Waals surface area contributed by atoms with Crippen molar-refractivity contribution in [3.05, 3.63) is 34.6 Å². The number of carbonyl (C=O) groups is 2. The molecule has 7 heteroatoms. The summed E-state index contributed by atoms with van der Waals surface area (Å²) in [6.45, 7) is 1.59. The lowest BCUT2D eigenvalue weighted by molar-refractivity contribution is -0.130. The second-order valence-corrected chi connectivity index (χ2v) is 4.95. The van der Waals surface area contributed by atoms with E-state index in [-0.39, 0.29) is 12.5 Å². The van der Waals surface area contributed by atoms with Crippen molar-refractivity contribution in [1.82, 2.24) is 15.5 Å². The van der Waals surface area contributed by atoms with Gasteiger partial charge in [-0.15, -0.1) is 0 Å². The highest BCUT2D eigenvalue weighted by Crippen LogP contribution is 2.14. The molecule has 1 atom stereocenters. The minimum Gasteiger partial charge on any atom is -0.347 e. The summed E-state index contributed by atoms with van der Waals surface area (Å²) in [5.74, 6) is -0.715. The van der Waals surface area contributed by atoms with E-state index < -0.39 is 17.9 Å². The maximum Gasteiger partial charge on any atom is 0.315 e. The summed E-state index contributed by atoms with van der Waals surface area (Å²) in [7, 11) is 3.20. The molecular formula is C13H17ClFN3O2. The normalized spacial score (nSPS) is 11.7. The second kappa shape index (κ2) is 7.09. The topological polar surface area (TPSA) is 61.4 Å². The molecule has 2 N–H and O–H groups in total. The first-order chi connectivity index (χ1) is 9.31. The monoisotopic (exact) mass is 301 g/mol. The van der Waals surface area contributed by atoms with Crippen molar-refractivity contribution < 1.29 is 14.0 Å². The molecule has 0 aliphatic heterocycles. The lowest BCUT2D eigenvalue weighted by Crippen LogP contribution is -2.47. The van der Waals surface area contributed by atoms with Crippen LogP contribution in [0.3, 0.4) is 0 Å². The Bertz CT molecular complexity index is 508. The molecule has 0 heterocycles. The second-order valence-electron chi connectivity index (χ2n) is 4.52. The zero-order valence-electron chi connectivity index (χ0n) is 11.5. The van der Waals surface area contributed by atoms with Crippen LogP contribution < -0.4 is 10.6 Å². The van der Waals surface area contributed by atoms with Gasteiger partial charge in [0.25, 0.3) is 0 Å².